The molecule has 2 aromatic carbocycles. The van der Waals surface area contributed by atoms with Crippen molar-refractivity contribution in [2.45, 2.75) is 18.7 Å². The number of benzene rings is 2. The highest BCUT2D eigenvalue weighted by Gasteiger charge is 2.18. The Morgan fingerprint density at radius 1 is 1.24 bits per heavy atom. The fraction of sp³-hybridized carbons (Fsp3) is 0.235. The largest absolute Gasteiger partial charge is 0.311 e. The van der Waals surface area contributed by atoms with Crippen molar-refractivity contribution in [2.24, 2.45) is 0 Å². The minimum atomic E-state index is -3.80. The third-order valence-electron chi connectivity index (χ3n) is 3.55. The van der Waals surface area contributed by atoms with Gasteiger partial charge in [0.2, 0.25) is 15.9 Å². The van der Waals surface area contributed by atoms with E-state index in [1.807, 2.05) is 0 Å². The lowest BCUT2D eigenvalue weighted by Gasteiger charge is -2.21. The van der Waals surface area contributed by atoms with Crippen LogP contribution in [0.1, 0.15) is 12.5 Å². The number of sulfonamides is 1. The van der Waals surface area contributed by atoms with E-state index in [2.05, 4.69) is 4.72 Å². The zero-order chi connectivity index (χ0) is 18.6. The van der Waals surface area contributed by atoms with Crippen molar-refractivity contribution in [3.8, 4) is 0 Å². The summed E-state index contributed by atoms with van der Waals surface area (Å²) in [5.74, 6) is -0.736. The standard InChI is InChI=1S/C17H18ClFN2O3S/c1-12-10-15(19)6-7-17(12)25(23,24)20-8-9-21(13(2)22)16-5-3-4-14(18)11-16/h3-7,10-11,20H,8-9H2,1-2H3. The van der Waals surface area contributed by atoms with Gasteiger partial charge in [-0.25, -0.2) is 17.5 Å². The van der Waals surface area contributed by atoms with Crippen LogP contribution in [0.15, 0.2) is 47.4 Å². The van der Waals surface area contributed by atoms with Crippen LogP contribution in [0.3, 0.4) is 0 Å². The summed E-state index contributed by atoms with van der Waals surface area (Å²) in [5.41, 5.74) is 0.892. The molecule has 8 heteroatoms. The molecule has 0 radical (unpaired) electrons. The molecule has 0 saturated heterocycles. The third kappa shape index (κ3) is 5.01. The number of carbonyl (C=O) groups excluding carboxylic acids is 1. The number of carbonyl (C=O) groups is 1. The molecular weight excluding hydrogens is 367 g/mol. The molecule has 0 bridgehead atoms. The second kappa shape index (κ2) is 7.95. The van der Waals surface area contributed by atoms with Crippen molar-refractivity contribution in [3.63, 3.8) is 0 Å². The van der Waals surface area contributed by atoms with Gasteiger partial charge in [0.05, 0.1) is 4.90 Å². The maximum atomic E-state index is 13.1. The van der Waals surface area contributed by atoms with Gasteiger partial charge in [-0.1, -0.05) is 17.7 Å². The van der Waals surface area contributed by atoms with Crippen molar-refractivity contribution < 1.29 is 17.6 Å². The van der Waals surface area contributed by atoms with Crippen molar-refractivity contribution >= 4 is 33.2 Å². The molecule has 0 heterocycles. The van der Waals surface area contributed by atoms with Crippen LogP contribution in [0.2, 0.25) is 5.02 Å². The van der Waals surface area contributed by atoms with E-state index in [9.17, 15) is 17.6 Å². The number of anilines is 1. The average Bonchev–Trinajstić information content (AvgIpc) is 2.50. The van der Waals surface area contributed by atoms with E-state index >= 15 is 0 Å². The molecule has 1 N–H and O–H groups in total. The number of aryl methyl sites for hydroxylation is 1. The normalized spacial score (nSPS) is 11.4. The molecular formula is C17H18ClFN2O3S. The number of amides is 1. The molecule has 0 aliphatic rings. The maximum Gasteiger partial charge on any atom is 0.240 e. The van der Waals surface area contributed by atoms with Crippen LogP contribution >= 0.6 is 11.6 Å². The number of hydrogen-bond acceptors (Lipinski definition) is 3. The Morgan fingerprint density at radius 3 is 2.56 bits per heavy atom. The first-order valence-corrected chi connectivity index (χ1v) is 9.36. The van der Waals surface area contributed by atoms with Crippen molar-refractivity contribution in [1.82, 2.24) is 4.72 Å². The van der Waals surface area contributed by atoms with Crippen molar-refractivity contribution in [2.75, 3.05) is 18.0 Å². The Bertz CT molecular complexity index is 887. The molecule has 0 saturated carbocycles. The summed E-state index contributed by atoms with van der Waals surface area (Å²) >= 11 is 5.93. The molecule has 0 aromatic heterocycles. The summed E-state index contributed by atoms with van der Waals surface area (Å²) in [7, 11) is -3.80. The van der Waals surface area contributed by atoms with Gasteiger partial charge in [-0.3, -0.25) is 4.79 Å². The second-order valence-corrected chi connectivity index (χ2v) is 7.63. The molecule has 25 heavy (non-hydrogen) atoms. The maximum absolute atomic E-state index is 13.1. The number of rotatable bonds is 6. The highest BCUT2D eigenvalue weighted by molar-refractivity contribution is 7.89. The fourth-order valence-corrected chi connectivity index (χ4v) is 3.83. The van der Waals surface area contributed by atoms with Gasteiger partial charge >= 0.3 is 0 Å². The summed E-state index contributed by atoms with van der Waals surface area (Å²) in [5, 5.41) is 0.478. The molecule has 0 unspecified atom stereocenters. The Kier molecular flexibility index (Phi) is 6.16. The highest BCUT2D eigenvalue weighted by atomic mass is 35.5. The minimum absolute atomic E-state index is 0.00520. The fourth-order valence-electron chi connectivity index (χ4n) is 2.40. The molecule has 134 valence electrons. The number of halogens is 2. The SMILES string of the molecule is CC(=O)N(CCNS(=O)(=O)c1ccc(F)cc1C)c1cccc(Cl)c1. The van der Waals surface area contributed by atoms with E-state index in [0.29, 0.717) is 16.3 Å². The van der Waals surface area contributed by atoms with Crippen molar-refractivity contribution in [1.29, 1.82) is 0 Å². The summed E-state index contributed by atoms with van der Waals surface area (Å²) < 4.78 is 40.3. The van der Waals surface area contributed by atoms with Gasteiger partial charge in [-0.15, -0.1) is 0 Å². The first kappa shape index (κ1) is 19.4. The van der Waals surface area contributed by atoms with Crippen LogP contribution in [0, 0.1) is 12.7 Å². The zero-order valence-corrected chi connectivity index (χ0v) is 15.4. The lowest BCUT2D eigenvalue weighted by Crippen LogP contribution is -2.37. The second-order valence-electron chi connectivity index (χ2n) is 5.46. The lowest BCUT2D eigenvalue weighted by atomic mass is 10.2. The summed E-state index contributed by atoms with van der Waals surface area (Å²) in [6.07, 6.45) is 0. The first-order chi connectivity index (χ1) is 11.7. The van der Waals surface area contributed by atoms with Crippen LogP contribution in [-0.4, -0.2) is 27.4 Å². The molecule has 0 fully saturated rings. The summed E-state index contributed by atoms with van der Waals surface area (Å²) in [6, 6.07) is 10.2. The molecule has 1 amide bonds. The molecule has 5 nitrogen and oxygen atoms in total. The van der Waals surface area contributed by atoms with Crippen LogP contribution in [-0.2, 0) is 14.8 Å². The summed E-state index contributed by atoms with van der Waals surface area (Å²) in [4.78, 5) is 13.3. The van der Waals surface area contributed by atoms with Crippen LogP contribution in [0.25, 0.3) is 0 Å². The molecule has 0 atom stereocenters. The highest BCUT2D eigenvalue weighted by Crippen LogP contribution is 2.20. The lowest BCUT2D eigenvalue weighted by molar-refractivity contribution is -0.116. The predicted octanol–water partition coefficient (Wildman–Crippen LogP) is 3.12. The monoisotopic (exact) mass is 384 g/mol. The number of hydrogen-bond donors (Lipinski definition) is 1. The average molecular weight is 385 g/mol. The van der Waals surface area contributed by atoms with E-state index in [1.54, 1.807) is 24.3 Å². The van der Waals surface area contributed by atoms with E-state index < -0.39 is 15.8 Å². The Balaban J connectivity index is 2.10. The van der Waals surface area contributed by atoms with Gasteiger partial charge in [-0.05, 0) is 48.9 Å². The van der Waals surface area contributed by atoms with Crippen molar-refractivity contribution in [3.05, 3.63) is 58.9 Å². The molecule has 0 aliphatic carbocycles. The minimum Gasteiger partial charge on any atom is -0.311 e. The Morgan fingerprint density at radius 2 is 1.96 bits per heavy atom. The third-order valence-corrected chi connectivity index (χ3v) is 5.41. The van der Waals surface area contributed by atoms with Gasteiger partial charge in [0, 0.05) is 30.7 Å². The topological polar surface area (TPSA) is 66.5 Å². The van der Waals surface area contributed by atoms with E-state index in [4.69, 9.17) is 11.6 Å². The number of nitrogens with zero attached hydrogens (tertiary/aromatic N) is 1. The van der Waals surface area contributed by atoms with E-state index in [-0.39, 0.29) is 23.9 Å². The van der Waals surface area contributed by atoms with E-state index in [1.165, 1.54) is 24.8 Å². The Hall–Kier alpha value is -1.96. The molecule has 2 rings (SSSR count). The predicted molar refractivity (Wildman–Crippen MR) is 95.8 cm³/mol. The van der Waals surface area contributed by atoms with Crippen LogP contribution < -0.4 is 9.62 Å². The molecule has 0 aliphatic heterocycles. The van der Waals surface area contributed by atoms with Gasteiger partial charge in [0.1, 0.15) is 5.82 Å². The van der Waals surface area contributed by atoms with E-state index in [0.717, 1.165) is 12.1 Å². The smallest absolute Gasteiger partial charge is 0.240 e. The number of nitrogens with one attached hydrogen (secondary N) is 1. The van der Waals surface area contributed by atoms with Crippen LogP contribution in [0.4, 0.5) is 10.1 Å². The van der Waals surface area contributed by atoms with Gasteiger partial charge in [-0.2, -0.15) is 0 Å². The van der Waals surface area contributed by atoms with Gasteiger partial charge in [0.25, 0.3) is 0 Å². The molecule has 0 spiro atoms. The zero-order valence-electron chi connectivity index (χ0n) is 13.8. The Labute approximate surface area is 151 Å². The first-order valence-electron chi connectivity index (χ1n) is 7.50. The molecule has 2 aromatic rings. The van der Waals surface area contributed by atoms with Gasteiger partial charge in [0.15, 0.2) is 0 Å². The summed E-state index contributed by atoms with van der Waals surface area (Å²) in [6.45, 7) is 3.05. The quantitative estimate of drug-likeness (QED) is 0.832. The van der Waals surface area contributed by atoms with Gasteiger partial charge < -0.3 is 4.90 Å². The van der Waals surface area contributed by atoms with Crippen LogP contribution in [0.5, 0.6) is 0 Å².